The van der Waals surface area contributed by atoms with Crippen LogP contribution in [0.25, 0.3) is 6.08 Å². The van der Waals surface area contributed by atoms with Crippen LogP contribution in [0.4, 0.5) is 0 Å². The summed E-state index contributed by atoms with van der Waals surface area (Å²) in [7, 11) is -2.03. The first kappa shape index (κ1) is 18.0. The average molecular weight is 369 g/mol. The summed E-state index contributed by atoms with van der Waals surface area (Å²) >= 11 is 0. The van der Waals surface area contributed by atoms with E-state index in [1.54, 1.807) is 5.20 Å². The fourth-order valence-corrected chi connectivity index (χ4v) is 8.79. The Morgan fingerprint density at radius 1 is 0.667 bits per heavy atom. The van der Waals surface area contributed by atoms with Crippen LogP contribution in [-0.4, -0.2) is 8.07 Å². The summed E-state index contributed by atoms with van der Waals surface area (Å²) in [5.41, 5.74) is 8.33. The Morgan fingerprint density at radius 3 is 1.63 bits per heavy atom. The maximum absolute atomic E-state index is 2.55. The van der Waals surface area contributed by atoms with E-state index < -0.39 is 8.07 Å². The molecule has 0 radical (unpaired) electrons. The molecule has 0 atom stereocenters. The first-order chi connectivity index (χ1) is 12.9. The van der Waals surface area contributed by atoms with E-state index in [-0.39, 0.29) is 0 Å². The molecular formula is C26H28Si. The Hall–Kier alpha value is -2.38. The molecule has 0 N–H and O–H groups in total. The first-order valence-electron chi connectivity index (χ1n) is 9.83. The molecule has 0 saturated carbocycles. The van der Waals surface area contributed by atoms with Gasteiger partial charge in [-0.05, 0) is 55.6 Å². The molecular weight excluding hydrogens is 340 g/mol. The highest BCUT2D eigenvalue weighted by Gasteiger charge is 2.38. The number of benzene rings is 3. The van der Waals surface area contributed by atoms with E-state index in [0.717, 1.165) is 6.42 Å². The molecule has 0 aromatic heterocycles. The normalized spacial score (nSPS) is 13.4. The lowest BCUT2D eigenvalue weighted by Gasteiger charge is -2.32. The quantitative estimate of drug-likeness (QED) is 0.551. The highest BCUT2D eigenvalue weighted by Crippen LogP contribution is 2.31. The van der Waals surface area contributed by atoms with Gasteiger partial charge in [0.25, 0.3) is 0 Å². The van der Waals surface area contributed by atoms with Crippen LogP contribution in [0.1, 0.15) is 33.4 Å². The second-order valence-electron chi connectivity index (χ2n) is 8.42. The zero-order valence-electron chi connectivity index (χ0n) is 17.1. The third-order valence-electron chi connectivity index (χ3n) is 6.01. The number of hydrogen-bond donors (Lipinski definition) is 0. The van der Waals surface area contributed by atoms with Crippen molar-refractivity contribution in [2.45, 2.75) is 40.7 Å². The fraction of sp³-hybridized carbons (Fsp3) is 0.231. The molecule has 0 bridgehead atoms. The van der Waals surface area contributed by atoms with E-state index >= 15 is 0 Å². The molecule has 0 aliphatic heterocycles. The van der Waals surface area contributed by atoms with Crippen LogP contribution in [0.15, 0.2) is 65.9 Å². The van der Waals surface area contributed by atoms with E-state index in [1.807, 2.05) is 0 Å². The summed E-state index contributed by atoms with van der Waals surface area (Å²) in [6.07, 6.45) is 3.57. The minimum atomic E-state index is -2.03. The molecule has 0 fully saturated rings. The minimum Gasteiger partial charge on any atom is -0.0666 e. The smallest absolute Gasteiger partial charge is 0.0666 e. The standard InChI is InChI=1S/C26H28Si/c1-18-10-19(2)13-24(12-18)27(5,25-14-20(3)11-21(4)15-25)26-16-22-8-6-7-9-23(22)17-26/h6-16H,17H2,1-5H3. The van der Waals surface area contributed by atoms with E-state index in [9.17, 15) is 0 Å². The topological polar surface area (TPSA) is 0 Å². The summed E-state index contributed by atoms with van der Waals surface area (Å²) in [6.45, 7) is 11.5. The van der Waals surface area contributed by atoms with Crippen molar-refractivity contribution in [3.63, 3.8) is 0 Å². The van der Waals surface area contributed by atoms with Gasteiger partial charge in [-0.2, -0.15) is 0 Å². The molecule has 0 nitrogen and oxygen atoms in total. The van der Waals surface area contributed by atoms with E-state index in [2.05, 4.69) is 101 Å². The van der Waals surface area contributed by atoms with Crippen molar-refractivity contribution in [3.05, 3.63) is 99.2 Å². The lowest BCUT2D eigenvalue weighted by Crippen LogP contribution is -2.58. The van der Waals surface area contributed by atoms with Gasteiger partial charge in [0.05, 0.1) is 0 Å². The molecule has 1 aliphatic rings. The van der Waals surface area contributed by atoms with Crippen LogP contribution in [0, 0.1) is 27.7 Å². The van der Waals surface area contributed by atoms with Gasteiger partial charge in [-0.25, -0.2) is 0 Å². The van der Waals surface area contributed by atoms with E-state index in [0.29, 0.717) is 0 Å². The summed E-state index contributed by atoms with van der Waals surface area (Å²) in [6, 6.07) is 23.2. The molecule has 0 amide bonds. The molecule has 3 aromatic carbocycles. The van der Waals surface area contributed by atoms with Gasteiger partial charge in [0.1, 0.15) is 8.07 Å². The van der Waals surface area contributed by atoms with Crippen molar-refractivity contribution in [2.75, 3.05) is 0 Å². The number of rotatable bonds is 3. The van der Waals surface area contributed by atoms with Gasteiger partial charge in [0.2, 0.25) is 0 Å². The number of aryl methyl sites for hydroxylation is 4. The molecule has 0 spiro atoms. The maximum Gasteiger partial charge on any atom is 0.141 e. The molecule has 4 rings (SSSR count). The van der Waals surface area contributed by atoms with Crippen molar-refractivity contribution in [1.29, 1.82) is 0 Å². The Kier molecular flexibility index (Phi) is 4.43. The monoisotopic (exact) mass is 368 g/mol. The largest absolute Gasteiger partial charge is 0.141 e. The lowest BCUT2D eigenvalue weighted by molar-refractivity contribution is 1.27. The SMILES string of the molecule is Cc1cc(C)cc([Si](C)(C2=Cc3ccccc3C2)c2cc(C)cc(C)c2)c1. The fourth-order valence-electron chi connectivity index (χ4n) is 4.67. The molecule has 3 aromatic rings. The predicted molar refractivity (Wildman–Crippen MR) is 121 cm³/mol. The number of allylic oxidation sites excluding steroid dienone is 1. The van der Waals surface area contributed by atoms with Crippen molar-refractivity contribution >= 4 is 24.5 Å². The molecule has 136 valence electrons. The van der Waals surface area contributed by atoms with Gasteiger partial charge in [0.15, 0.2) is 0 Å². The van der Waals surface area contributed by atoms with Crippen molar-refractivity contribution in [1.82, 2.24) is 0 Å². The Morgan fingerprint density at radius 2 is 1.15 bits per heavy atom. The minimum absolute atomic E-state index is 1.08. The second kappa shape index (κ2) is 6.65. The molecule has 0 unspecified atom stereocenters. The molecule has 27 heavy (non-hydrogen) atoms. The van der Waals surface area contributed by atoms with Crippen LogP contribution in [-0.2, 0) is 6.42 Å². The van der Waals surface area contributed by atoms with Crippen molar-refractivity contribution in [3.8, 4) is 0 Å². The zero-order valence-corrected chi connectivity index (χ0v) is 18.1. The predicted octanol–water partition coefficient (Wildman–Crippen LogP) is 5.29. The van der Waals surface area contributed by atoms with Gasteiger partial charge in [-0.1, -0.05) is 101 Å². The zero-order chi connectivity index (χ0) is 19.2. The van der Waals surface area contributed by atoms with Crippen molar-refractivity contribution < 1.29 is 0 Å². The molecule has 1 aliphatic carbocycles. The Balaban J connectivity index is 1.96. The Labute approximate surface area is 164 Å². The maximum atomic E-state index is 2.55. The van der Waals surface area contributed by atoms with Crippen LogP contribution >= 0.6 is 0 Å². The summed E-state index contributed by atoms with van der Waals surface area (Å²) < 4.78 is 0. The number of hydrogen-bond acceptors (Lipinski definition) is 0. The van der Waals surface area contributed by atoms with E-state index in [1.165, 1.54) is 43.8 Å². The third-order valence-corrected chi connectivity index (χ3v) is 10.5. The van der Waals surface area contributed by atoms with E-state index in [4.69, 9.17) is 0 Å². The third kappa shape index (κ3) is 3.21. The number of fused-ring (bicyclic) bond motifs is 1. The highest BCUT2D eigenvalue weighted by atomic mass is 28.3. The molecule has 0 heterocycles. The summed E-state index contributed by atoms with van der Waals surface area (Å²) in [5, 5.41) is 4.69. The van der Waals surface area contributed by atoms with Crippen LogP contribution in [0.5, 0.6) is 0 Å². The lowest BCUT2D eigenvalue weighted by atomic mass is 10.1. The highest BCUT2D eigenvalue weighted by molar-refractivity contribution is 7.07. The summed E-state index contributed by atoms with van der Waals surface area (Å²) in [5.74, 6) is 0. The van der Waals surface area contributed by atoms with Gasteiger partial charge in [-0.3, -0.25) is 0 Å². The van der Waals surface area contributed by atoms with Crippen LogP contribution < -0.4 is 10.4 Å². The second-order valence-corrected chi connectivity index (χ2v) is 12.5. The van der Waals surface area contributed by atoms with Gasteiger partial charge >= 0.3 is 0 Å². The first-order valence-corrected chi connectivity index (χ1v) is 12.3. The molecule has 1 heteroatoms. The summed E-state index contributed by atoms with van der Waals surface area (Å²) in [4.78, 5) is 0. The Bertz CT molecular complexity index is 964. The van der Waals surface area contributed by atoms with Gasteiger partial charge in [-0.15, -0.1) is 0 Å². The van der Waals surface area contributed by atoms with Crippen molar-refractivity contribution in [2.24, 2.45) is 0 Å². The van der Waals surface area contributed by atoms with Gasteiger partial charge in [0, 0.05) is 0 Å². The van der Waals surface area contributed by atoms with Gasteiger partial charge < -0.3 is 0 Å². The average Bonchev–Trinajstić information content (AvgIpc) is 3.04. The molecule has 0 saturated heterocycles. The van der Waals surface area contributed by atoms with Crippen LogP contribution in [0.3, 0.4) is 0 Å². The van der Waals surface area contributed by atoms with Crippen LogP contribution in [0.2, 0.25) is 6.55 Å².